The van der Waals surface area contributed by atoms with E-state index in [9.17, 15) is 4.79 Å². The first-order chi connectivity index (χ1) is 12.3. The maximum atomic E-state index is 11.9. The van der Waals surface area contributed by atoms with Crippen LogP contribution in [-0.4, -0.2) is 17.3 Å². The van der Waals surface area contributed by atoms with Crippen LogP contribution in [0, 0.1) is 0 Å². The fraction of sp³-hybridized carbons (Fsp3) is 0. The van der Waals surface area contributed by atoms with Crippen molar-refractivity contribution in [3.63, 3.8) is 0 Å². The molecule has 0 atom stereocenters. The van der Waals surface area contributed by atoms with Gasteiger partial charge in [0.2, 0.25) is 0 Å². The number of hydrogen-bond donors (Lipinski definition) is 1. The van der Waals surface area contributed by atoms with Gasteiger partial charge in [-0.15, -0.1) is 0 Å². The third-order valence-corrected chi connectivity index (χ3v) is 3.64. The monoisotopic (exact) mass is 331 g/mol. The molecule has 0 saturated heterocycles. The number of oxime groups is 1. The molecular formula is C19H13N3O3. The molecule has 122 valence electrons. The van der Waals surface area contributed by atoms with E-state index in [-0.39, 0.29) is 0 Å². The highest BCUT2D eigenvalue weighted by Gasteiger charge is 2.09. The van der Waals surface area contributed by atoms with Crippen LogP contribution in [0.1, 0.15) is 5.56 Å². The summed E-state index contributed by atoms with van der Waals surface area (Å²) in [5, 5.41) is 8.20. The first-order valence-electron chi connectivity index (χ1n) is 7.62. The number of para-hydroxylation sites is 1. The van der Waals surface area contributed by atoms with E-state index in [4.69, 9.17) is 9.25 Å². The van der Waals surface area contributed by atoms with Gasteiger partial charge in [-0.25, -0.2) is 4.79 Å². The van der Waals surface area contributed by atoms with Crippen LogP contribution >= 0.6 is 0 Å². The van der Waals surface area contributed by atoms with Crippen molar-refractivity contribution in [2.24, 2.45) is 5.16 Å². The molecule has 4 aromatic rings. The minimum atomic E-state index is -0.674. The normalized spacial score (nSPS) is 11.2. The molecular weight excluding hydrogens is 318 g/mol. The Morgan fingerprint density at radius 2 is 1.96 bits per heavy atom. The molecule has 1 N–H and O–H groups in total. The number of hydrogen-bond acceptors (Lipinski definition) is 5. The summed E-state index contributed by atoms with van der Waals surface area (Å²) < 4.78 is 5.75. The quantitative estimate of drug-likeness (QED) is 0.339. The molecule has 4 rings (SSSR count). The van der Waals surface area contributed by atoms with Crippen LogP contribution in [0.5, 0.6) is 0 Å². The Morgan fingerprint density at radius 3 is 2.84 bits per heavy atom. The van der Waals surface area contributed by atoms with Gasteiger partial charge < -0.3 is 4.42 Å². The number of amides is 1. The van der Waals surface area contributed by atoms with Gasteiger partial charge in [0, 0.05) is 34.4 Å². The Bertz CT molecular complexity index is 1070. The summed E-state index contributed by atoms with van der Waals surface area (Å²) >= 11 is 0. The van der Waals surface area contributed by atoms with E-state index in [2.05, 4.69) is 15.5 Å². The fourth-order valence-electron chi connectivity index (χ4n) is 2.53. The minimum Gasteiger partial charge on any atom is -0.456 e. The van der Waals surface area contributed by atoms with Crippen molar-refractivity contribution >= 4 is 39.9 Å². The molecule has 2 heterocycles. The smallest absolute Gasteiger partial charge is 0.437 e. The lowest BCUT2D eigenvalue weighted by molar-refractivity contribution is 0.167. The van der Waals surface area contributed by atoms with E-state index in [0.29, 0.717) is 5.69 Å². The lowest BCUT2D eigenvalue weighted by Crippen LogP contribution is -2.10. The maximum absolute atomic E-state index is 11.9. The fourth-order valence-corrected chi connectivity index (χ4v) is 2.53. The number of fused-ring (bicyclic) bond motifs is 3. The van der Waals surface area contributed by atoms with Crippen molar-refractivity contribution in [2.45, 2.75) is 0 Å². The Morgan fingerprint density at radius 1 is 1.08 bits per heavy atom. The van der Waals surface area contributed by atoms with Crippen molar-refractivity contribution in [1.29, 1.82) is 0 Å². The first-order valence-corrected chi connectivity index (χ1v) is 7.62. The number of benzene rings is 2. The van der Waals surface area contributed by atoms with E-state index in [1.807, 2.05) is 36.4 Å². The Balaban J connectivity index is 1.49. The summed E-state index contributed by atoms with van der Waals surface area (Å²) in [6.45, 7) is 0. The lowest BCUT2D eigenvalue weighted by Gasteiger charge is -2.02. The van der Waals surface area contributed by atoms with Gasteiger partial charge in [-0.3, -0.25) is 15.1 Å². The molecule has 0 saturated carbocycles. The number of anilines is 1. The van der Waals surface area contributed by atoms with Gasteiger partial charge in [0.25, 0.3) is 0 Å². The molecule has 2 aromatic heterocycles. The SMILES string of the molecule is O=C(Nc1ccc2oc3ccccc3c2c1)O/N=C/c1cccnc1. The second-order valence-electron chi connectivity index (χ2n) is 5.33. The van der Waals surface area contributed by atoms with Gasteiger partial charge in [0.1, 0.15) is 11.2 Å². The summed E-state index contributed by atoms with van der Waals surface area (Å²) in [7, 11) is 0. The average molecular weight is 331 g/mol. The predicted molar refractivity (Wildman–Crippen MR) is 95.7 cm³/mol. The second-order valence-corrected chi connectivity index (χ2v) is 5.33. The number of pyridine rings is 1. The predicted octanol–water partition coefficient (Wildman–Crippen LogP) is 4.56. The van der Waals surface area contributed by atoms with E-state index in [0.717, 1.165) is 27.5 Å². The Labute approximate surface area is 142 Å². The largest absolute Gasteiger partial charge is 0.456 e. The molecule has 2 aromatic carbocycles. The van der Waals surface area contributed by atoms with Gasteiger partial charge in [0.05, 0.1) is 6.21 Å². The summed E-state index contributed by atoms with van der Waals surface area (Å²) in [6.07, 6.45) is 4.01. The molecule has 0 bridgehead atoms. The molecule has 6 heteroatoms. The highest BCUT2D eigenvalue weighted by atomic mass is 16.7. The standard InChI is InChI=1S/C19H13N3O3/c23-19(25-21-12-13-4-3-9-20-11-13)22-14-7-8-18-16(10-14)15-5-1-2-6-17(15)24-18/h1-12H,(H,22,23)/b21-12+. The number of aromatic nitrogens is 1. The molecule has 6 nitrogen and oxygen atoms in total. The number of carbonyl (C=O) groups excluding carboxylic acids is 1. The summed E-state index contributed by atoms with van der Waals surface area (Å²) in [5.74, 6) is 0. The molecule has 0 fully saturated rings. The number of carbonyl (C=O) groups is 1. The third kappa shape index (κ3) is 3.18. The average Bonchev–Trinajstić information content (AvgIpc) is 3.01. The van der Waals surface area contributed by atoms with E-state index in [1.54, 1.807) is 30.6 Å². The van der Waals surface area contributed by atoms with Crippen molar-refractivity contribution in [2.75, 3.05) is 5.32 Å². The van der Waals surface area contributed by atoms with Gasteiger partial charge in [-0.1, -0.05) is 29.4 Å². The molecule has 25 heavy (non-hydrogen) atoms. The molecule has 0 aliphatic heterocycles. The zero-order valence-electron chi connectivity index (χ0n) is 13.0. The molecule has 1 amide bonds. The zero-order chi connectivity index (χ0) is 17.1. The van der Waals surface area contributed by atoms with E-state index < -0.39 is 6.09 Å². The summed E-state index contributed by atoms with van der Waals surface area (Å²) in [4.78, 5) is 20.6. The van der Waals surface area contributed by atoms with Crippen LogP contribution in [0.2, 0.25) is 0 Å². The van der Waals surface area contributed by atoms with Gasteiger partial charge in [0.15, 0.2) is 0 Å². The van der Waals surface area contributed by atoms with Crippen LogP contribution in [0.4, 0.5) is 10.5 Å². The topological polar surface area (TPSA) is 76.7 Å². The number of nitrogens with zero attached hydrogens (tertiary/aromatic N) is 2. The van der Waals surface area contributed by atoms with Crippen LogP contribution in [0.25, 0.3) is 21.9 Å². The summed E-state index contributed by atoms with van der Waals surface area (Å²) in [6, 6.07) is 16.7. The zero-order valence-corrected chi connectivity index (χ0v) is 13.0. The first kappa shape index (κ1) is 14.9. The minimum absolute atomic E-state index is 0.598. The third-order valence-electron chi connectivity index (χ3n) is 3.64. The number of rotatable bonds is 3. The van der Waals surface area contributed by atoms with Crippen molar-refractivity contribution in [3.8, 4) is 0 Å². The van der Waals surface area contributed by atoms with Crippen LogP contribution in [0.15, 0.2) is 76.6 Å². The number of nitrogens with one attached hydrogen (secondary N) is 1. The van der Waals surface area contributed by atoms with Gasteiger partial charge >= 0.3 is 6.09 Å². The molecule has 0 aliphatic carbocycles. The Hall–Kier alpha value is -3.67. The van der Waals surface area contributed by atoms with E-state index >= 15 is 0 Å². The molecule has 0 spiro atoms. The Kier molecular flexibility index (Phi) is 3.84. The van der Waals surface area contributed by atoms with Crippen LogP contribution < -0.4 is 5.32 Å². The molecule has 0 unspecified atom stereocenters. The number of furan rings is 1. The van der Waals surface area contributed by atoms with Crippen molar-refractivity contribution in [3.05, 3.63) is 72.6 Å². The maximum Gasteiger partial charge on any atom is 0.437 e. The second kappa shape index (κ2) is 6.45. The molecule has 0 radical (unpaired) electrons. The highest BCUT2D eigenvalue weighted by molar-refractivity contribution is 6.06. The molecule has 0 aliphatic rings. The highest BCUT2D eigenvalue weighted by Crippen LogP contribution is 2.30. The van der Waals surface area contributed by atoms with Gasteiger partial charge in [-0.2, -0.15) is 0 Å². The van der Waals surface area contributed by atoms with Crippen molar-refractivity contribution in [1.82, 2.24) is 4.98 Å². The summed E-state index contributed by atoms with van der Waals surface area (Å²) in [5.41, 5.74) is 2.90. The van der Waals surface area contributed by atoms with Gasteiger partial charge in [-0.05, 0) is 30.3 Å². The van der Waals surface area contributed by atoms with Crippen molar-refractivity contribution < 1.29 is 14.0 Å². The lowest BCUT2D eigenvalue weighted by atomic mass is 10.1. The van der Waals surface area contributed by atoms with Crippen LogP contribution in [-0.2, 0) is 4.84 Å². The van der Waals surface area contributed by atoms with Crippen LogP contribution in [0.3, 0.4) is 0 Å². The van der Waals surface area contributed by atoms with E-state index in [1.165, 1.54) is 6.21 Å².